The van der Waals surface area contributed by atoms with E-state index in [0.717, 1.165) is 16.7 Å². The van der Waals surface area contributed by atoms with Crippen molar-refractivity contribution in [3.8, 4) is 5.75 Å². The molecule has 4 amide bonds. The summed E-state index contributed by atoms with van der Waals surface area (Å²) >= 11 is 0. The number of amides is 4. The van der Waals surface area contributed by atoms with Crippen molar-refractivity contribution in [3.63, 3.8) is 0 Å². The molecule has 0 aromatic heterocycles. The fourth-order valence-electron chi connectivity index (χ4n) is 5.64. The van der Waals surface area contributed by atoms with Crippen molar-refractivity contribution in [1.82, 2.24) is 10.2 Å². The highest BCUT2D eigenvalue weighted by molar-refractivity contribution is 6.15. The van der Waals surface area contributed by atoms with E-state index in [-0.39, 0.29) is 13.0 Å². The number of hydrogen-bond donors (Lipinski definition) is 3. The van der Waals surface area contributed by atoms with Crippen LogP contribution in [-0.2, 0) is 31.3 Å². The summed E-state index contributed by atoms with van der Waals surface area (Å²) in [5.41, 5.74) is 7.94. The zero-order chi connectivity index (χ0) is 24.4. The fourth-order valence-corrected chi connectivity index (χ4v) is 5.64. The SMILES string of the molecule is COc1ccc(CN2C(=O)[C@H]3[C@@H](C2=O)[C@]2(N[C@@H]3CC(N)=O)C(=O)Nc3c2ccc(C)c3C)cc1. The van der Waals surface area contributed by atoms with Gasteiger partial charge in [-0.1, -0.05) is 24.3 Å². The second kappa shape index (κ2) is 7.66. The number of carbonyl (C=O) groups is 4. The third-order valence-corrected chi connectivity index (χ3v) is 7.43. The molecule has 9 heteroatoms. The average molecular weight is 463 g/mol. The molecule has 2 aromatic rings. The number of aryl methyl sites for hydroxylation is 1. The van der Waals surface area contributed by atoms with E-state index < -0.39 is 47.0 Å². The molecule has 9 nitrogen and oxygen atoms in total. The molecule has 176 valence electrons. The zero-order valence-electron chi connectivity index (χ0n) is 19.2. The molecule has 0 saturated carbocycles. The predicted molar refractivity (Wildman–Crippen MR) is 122 cm³/mol. The maximum Gasteiger partial charge on any atom is 0.250 e. The van der Waals surface area contributed by atoms with Crippen LogP contribution in [0.25, 0.3) is 0 Å². The summed E-state index contributed by atoms with van der Waals surface area (Å²) in [5.74, 6) is -3.05. The average Bonchev–Trinajstić information content (AvgIpc) is 3.37. The van der Waals surface area contributed by atoms with Gasteiger partial charge in [-0.25, -0.2) is 0 Å². The normalized spacial score (nSPS) is 27.2. The number of likely N-dealkylation sites (tertiary alicyclic amines) is 1. The predicted octanol–water partition coefficient (Wildman–Crippen LogP) is 1.11. The second-order valence-corrected chi connectivity index (χ2v) is 9.23. The molecule has 3 aliphatic heterocycles. The van der Waals surface area contributed by atoms with Gasteiger partial charge in [-0.3, -0.25) is 29.4 Å². The van der Waals surface area contributed by atoms with E-state index in [1.807, 2.05) is 26.0 Å². The summed E-state index contributed by atoms with van der Waals surface area (Å²) in [6.45, 7) is 3.90. The first-order valence-electron chi connectivity index (χ1n) is 11.1. The second-order valence-electron chi connectivity index (χ2n) is 9.23. The Labute approximate surface area is 196 Å². The van der Waals surface area contributed by atoms with Crippen LogP contribution in [0.1, 0.15) is 28.7 Å². The van der Waals surface area contributed by atoms with Crippen molar-refractivity contribution in [2.75, 3.05) is 12.4 Å². The van der Waals surface area contributed by atoms with Crippen molar-refractivity contribution in [1.29, 1.82) is 0 Å². The highest BCUT2D eigenvalue weighted by Crippen LogP contribution is 2.54. The van der Waals surface area contributed by atoms with Gasteiger partial charge in [0.15, 0.2) is 0 Å². The van der Waals surface area contributed by atoms with Gasteiger partial charge in [0.25, 0.3) is 0 Å². The summed E-state index contributed by atoms with van der Waals surface area (Å²) in [4.78, 5) is 53.9. The third-order valence-electron chi connectivity index (χ3n) is 7.43. The number of nitrogens with one attached hydrogen (secondary N) is 2. The molecule has 3 aliphatic rings. The topological polar surface area (TPSA) is 131 Å². The third kappa shape index (κ3) is 2.96. The van der Waals surface area contributed by atoms with E-state index in [1.165, 1.54) is 4.90 Å². The lowest BCUT2D eigenvalue weighted by Crippen LogP contribution is -2.53. The molecule has 4 N–H and O–H groups in total. The monoisotopic (exact) mass is 462 g/mol. The molecule has 2 aromatic carbocycles. The maximum absolute atomic E-state index is 13.8. The molecule has 1 spiro atoms. The van der Waals surface area contributed by atoms with Crippen LogP contribution in [0.2, 0.25) is 0 Å². The van der Waals surface area contributed by atoms with Crippen LogP contribution in [0.15, 0.2) is 36.4 Å². The van der Waals surface area contributed by atoms with Gasteiger partial charge in [-0.15, -0.1) is 0 Å². The fraction of sp³-hybridized carbons (Fsp3) is 0.360. The summed E-state index contributed by atoms with van der Waals surface area (Å²) in [6, 6.07) is 10.1. The van der Waals surface area contributed by atoms with Gasteiger partial charge in [0.1, 0.15) is 11.3 Å². The number of benzene rings is 2. The molecular formula is C25H26N4O5. The number of methoxy groups -OCH3 is 1. The molecule has 0 bridgehead atoms. The van der Waals surface area contributed by atoms with Crippen molar-refractivity contribution in [2.24, 2.45) is 17.6 Å². The largest absolute Gasteiger partial charge is 0.497 e. The number of carbonyl (C=O) groups excluding carboxylic acids is 4. The van der Waals surface area contributed by atoms with Crippen LogP contribution in [-0.4, -0.2) is 41.7 Å². The lowest BCUT2D eigenvalue weighted by Gasteiger charge is -2.29. The van der Waals surface area contributed by atoms with Crippen LogP contribution in [0, 0.1) is 25.7 Å². The quantitative estimate of drug-likeness (QED) is 0.571. The first kappa shape index (κ1) is 22.1. The number of imide groups is 1. The highest BCUT2D eigenvalue weighted by Gasteiger charge is 2.70. The zero-order valence-corrected chi connectivity index (χ0v) is 19.2. The minimum Gasteiger partial charge on any atom is -0.497 e. The summed E-state index contributed by atoms with van der Waals surface area (Å²) < 4.78 is 5.18. The lowest BCUT2D eigenvalue weighted by molar-refractivity contribution is -0.143. The molecule has 2 fully saturated rings. The smallest absolute Gasteiger partial charge is 0.250 e. The maximum atomic E-state index is 13.8. The van der Waals surface area contributed by atoms with Gasteiger partial charge >= 0.3 is 0 Å². The number of primary amides is 1. The van der Waals surface area contributed by atoms with Gasteiger partial charge in [-0.2, -0.15) is 0 Å². The van der Waals surface area contributed by atoms with Gasteiger partial charge in [0.2, 0.25) is 23.6 Å². The van der Waals surface area contributed by atoms with E-state index in [0.29, 0.717) is 17.0 Å². The Morgan fingerprint density at radius 3 is 2.44 bits per heavy atom. The summed E-state index contributed by atoms with van der Waals surface area (Å²) in [6.07, 6.45) is -0.161. The number of rotatable bonds is 5. The number of hydrogen-bond acceptors (Lipinski definition) is 6. The van der Waals surface area contributed by atoms with Crippen molar-refractivity contribution in [2.45, 2.75) is 38.4 Å². The van der Waals surface area contributed by atoms with Crippen LogP contribution >= 0.6 is 0 Å². The standard InChI is InChI=1S/C25H26N4O5/c1-12-4-9-16-21(13(12)2)27-24(33)25(16)20-19(17(28-25)10-18(26)30)22(31)29(23(20)32)11-14-5-7-15(34-3)8-6-14/h4-9,17,19-20,28H,10-11H2,1-3H3,(H2,26,30)(H,27,33)/t17-,19-,20+,25+/m1/s1. The molecular weight excluding hydrogens is 436 g/mol. The van der Waals surface area contributed by atoms with Gasteiger partial charge < -0.3 is 15.8 Å². The molecule has 2 saturated heterocycles. The van der Waals surface area contributed by atoms with Crippen LogP contribution in [0.4, 0.5) is 5.69 Å². The van der Waals surface area contributed by atoms with Crippen molar-refractivity contribution < 1.29 is 23.9 Å². The van der Waals surface area contributed by atoms with E-state index in [9.17, 15) is 19.2 Å². The minimum absolute atomic E-state index is 0.0649. The molecule has 5 rings (SSSR count). The molecule has 0 aliphatic carbocycles. The van der Waals surface area contributed by atoms with E-state index in [1.54, 1.807) is 31.4 Å². The lowest BCUT2D eigenvalue weighted by atomic mass is 9.76. The van der Waals surface area contributed by atoms with Gasteiger partial charge in [0, 0.05) is 23.7 Å². The van der Waals surface area contributed by atoms with Gasteiger partial charge in [0.05, 0.1) is 25.5 Å². The Morgan fingerprint density at radius 1 is 1.09 bits per heavy atom. The van der Waals surface area contributed by atoms with E-state index in [4.69, 9.17) is 10.5 Å². The van der Waals surface area contributed by atoms with Crippen LogP contribution in [0.3, 0.4) is 0 Å². The Bertz CT molecular complexity index is 1240. The molecule has 3 heterocycles. The van der Waals surface area contributed by atoms with E-state index in [2.05, 4.69) is 10.6 Å². The first-order valence-corrected chi connectivity index (χ1v) is 11.1. The Hall–Kier alpha value is -3.72. The molecule has 0 unspecified atom stereocenters. The number of fused-ring (bicyclic) bond motifs is 4. The number of nitrogens with two attached hydrogens (primary N) is 1. The van der Waals surface area contributed by atoms with Crippen LogP contribution < -0.4 is 21.1 Å². The number of anilines is 1. The Kier molecular flexibility index (Phi) is 4.98. The molecule has 0 radical (unpaired) electrons. The number of ether oxygens (including phenoxy) is 1. The van der Waals surface area contributed by atoms with Gasteiger partial charge in [-0.05, 0) is 42.7 Å². The van der Waals surface area contributed by atoms with Crippen molar-refractivity contribution >= 4 is 29.3 Å². The molecule has 4 atom stereocenters. The summed E-state index contributed by atoms with van der Waals surface area (Å²) in [5, 5.41) is 6.14. The van der Waals surface area contributed by atoms with Crippen LogP contribution in [0.5, 0.6) is 5.75 Å². The minimum atomic E-state index is -1.44. The number of nitrogens with zero attached hydrogens (tertiary/aromatic N) is 1. The molecule has 34 heavy (non-hydrogen) atoms. The Morgan fingerprint density at radius 2 is 1.79 bits per heavy atom. The summed E-state index contributed by atoms with van der Waals surface area (Å²) in [7, 11) is 1.56. The van der Waals surface area contributed by atoms with E-state index >= 15 is 0 Å². The highest BCUT2D eigenvalue weighted by atomic mass is 16.5. The Balaban J connectivity index is 1.59. The van der Waals surface area contributed by atoms with Crippen molar-refractivity contribution in [3.05, 3.63) is 58.7 Å². The first-order chi connectivity index (χ1) is 16.2.